The summed E-state index contributed by atoms with van der Waals surface area (Å²) in [6, 6.07) is 11.5. The van der Waals surface area contributed by atoms with Crippen LogP contribution in [0.15, 0.2) is 40.9 Å². The zero-order valence-corrected chi connectivity index (χ0v) is 14.4. The van der Waals surface area contributed by atoms with Crippen molar-refractivity contribution in [3.05, 3.63) is 53.4 Å². The van der Waals surface area contributed by atoms with E-state index in [1.54, 1.807) is 13.2 Å². The Labute approximate surface area is 142 Å². The van der Waals surface area contributed by atoms with Crippen LogP contribution >= 0.6 is 0 Å². The second-order valence-electron chi connectivity index (χ2n) is 6.44. The molecule has 1 heterocycles. The van der Waals surface area contributed by atoms with E-state index in [9.17, 15) is 4.79 Å². The maximum atomic E-state index is 12.1. The van der Waals surface area contributed by atoms with Crippen LogP contribution in [0.4, 0.5) is 0 Å². The van der Waals surface area contributed by atoms with Crippen molar-refractivity contribution in [1.29, 1.82) is 0 Å². The third-order valence-corrected chi connectivity index (χ3v) is 3.41. The molecule has 6 heteroatoms. The van der Waals surface area contributed by atoms with Gasteiger partial charge in [-0.2, -0.15) is 0 Å². The van der Waals surface area contributed by atoms with Gasteiger partial charge in [0, 0.05) is 25.1 Å². The van der Waals surface area contributed by atoms with Gasteiger partial charge in [-0.05, 0) is 5.56 Å². The van der Waals surface area contributed by atoms with Gasteiger partial charge in [0.05, 0.1) is 13.2 Å². The number of benzene rings is 1. The van der Waals surface area contributed by atoms with E-state index in [1.165, 1.54) is 0 Å². The van der Waals surface area contributed by atoms with Crippen LogP contribution < -0.4 is 5.32 Å². The van der Waals surface area contributed by atoms with Crippen LogP contribution in [0, 0.1) is 5.41 Å². The summed E-state index contributed by atoms with van der Waals surface area (Å²) in [5.74, 6) is 0.254. The van der Waals surface area contributed by atoms with Gasteiger partial charge in [0.15, 0.2) is 11.5 Å². The molecule has 0 bridgehead atoms. The Morgan fingerprint density at radius 1 is 1.25 bits per heavy atom. The minimum atomic E-state index is -0.266. The lowest BCUT2D eigenvalue weighted by Gasteiger charge is -2.23. The van der Waals surface area contributed by atoms with Gasteiger partial charge in [-0.15, -0.1) is 0 Å². The maximum Gasteiger partial charge on any atom is 0.273 e. The molecule has 0 aliphatic heterocycles. The summed E-state index contributed by atoms with van der Waals surface area (Å²) in [6.45, 7) is 5.83. The molecule has 0 aliphatic rings. The van der Waals surface area contributed by atoms with Gasteiger partial charge in [0.2, 0.25) is 0 Å². The van der Waals surface area contributed by atoms with Crippen molar-refractivity contribution in [2.75, 3.05) is 20.3 Å². The number of nitrogens with one attached hydrogen (secondary N) is 1. The van der Waals surface area contributed by atoms with E-state index in [2.05, 4.69) is 10.5 Å². The first-order valence-electron chi connectivity index (χ1n) is 7.84. The number of hydrogen-bond donors (Lipinski definition) is 1. The first kappa shape index (κ1) is 18.2. The van der Waals surface area contributed by atoms with Gasteiger partial charge < -0.3 is 19.3 Å². The van der Waals surface area contributed by atoms with Crippen LogP contribution in [0.3, 0.4) is 0 Å². The van der Waals surface area contributed by atoms with Crippen molar-refractivity contribution < 1.29 is 18.8 Å². The molecule has 1 N–H and O–H groups in total. The van der Waals surface area contributed by atoms with Crippen LogP contribution in [-0.4, -0.2) is 31.3 Å². The fourth-order valence-corrected chi connectivity index (χ4v) is 2.18. The number of methoxy groups -OCH3 is 1. The van der Waals surface area contributed by atoms with E-state index in [0.29, 0.717) is 25.5 Å². The van der Waals surface area contributed by atoms with Gasteiger partial charge in [0.25, 0.3) is 5.91 Å². The summed E-state index contributed by atoms with van der Waals surface area (Å²) in [4.78, 5) is 12.1. The third kappa shape index (κ3) is 5.79. The monoisotopic (exact) mass is 332 g/mol. The fourth-order valence-electron chi connectivity index (χ4n) is 2.18. The average molecular weight is 332 g/mol. The quantitative estimate of drug-likeness (QED) is 0.764. The molecule has 0 radical (unpaired) electrons. The van der Waals surface area contributed by atoms with Crippen molar-refractivity contribution in [2.45, 2.75) is 27.1 Å². The summed E-state index contributed by atoms with van der Waals surface area (Å²) >= 11 is 0. The molecule has 0 spiro atoms. The van der Waals surface area contributed by atoms with Crippen molar-refractivity contribution >= 4 is 5.91 Å². The topological polar surface area (TPSA) is 73.6 Å². The Hall–Kier alpha value is -2.18. The minimum Gasteiger partial charge on any atom is -0.384 e. The number of rotatable bonds is 9. The maximum absolute atomic E-state index is 12.1. The highest BCUT2D eigenvalue weighted by molar-refractivity contribution is 5.92. The number of ether oxygens (including phenoxy) is 2. The highest BCUT2D eigenvalue weighted by Gasteiger charge is 2.20. The second kappa shape index (κ2) is 8.61. The standard InChI is InChI=1S/C18H24N2O4/c1-18(2,13-22-3)12-19-17(21)16-9-15(24-20-16)11-23-10-14-7-5-4-6-8-14/h4-9H,10-13H2,1-3H3,(H,19,21). The van der Waals surface area contributed by atoms with E-state index < -0.39 is 0 Å². The summed E-state index contributed by atoms with van der Waals surface area (Å²) in [6.07, 6.45) is 0. The minimum absolute atomic E-state index is 0.143. The second-order valence-corrected chi connectivity index (χ2v) is 6.44. The lowest BCUT2D eigenvalue weighted by atomic mass is 9.95. The molecule has 0 saturated carbocycles. The molecular weight excluding hydrogens is 308 g/mol. The normalized spacial score (nSPS) is 11.5. The molecule has 6 nitrogen and oxygen atoms in total. The van der Waals surface area contributed by atoms with Crippen molar-refractivity contribution in [3.63, 3.8) is 0 Å². The number of hydrogen-bond acceptors (Lipinski definition) is 5. The number of carbonyl (C=O) groups is 1. The highest BCUT2D eigenvalue weighted by Crippen LogP contribution is 2.14. The molecule has 0 unspecified atom stereocenters. The first-order valence-corrected chi connectivity index (χ1v) is 7.84. The first-order chi connectivity index (χ1) is 11.5. The smallest absolute Gasteiger partial charge is 0.273 e. The lowest BCUT2D eigenvalue weighted by molar-refractivity contribution is 0.0833. The lowest BCUT2D eigenvalue weighted by Crippen LogP contribution is -2.36. The summed E-state index contributed by atoms with van der Waals surface area (Å²) < 4.78 is 15.8. The molecule has 0 atom stereocenters. The number of nitrogens with zero attached hydrogens (tertiary/aromatic N) is 1. The van der Waals surface area contributed by atoms with Gasteiger partial charge in [0.1, 0.15) is 6.61 Å². The van der Waals surface area contributed by atoms with Crippen LogP contribution in [0.5, 0.6) is 0 Å². The third-order valence-electron chi connectivity index (χ3n) is 3.41. The highest BCUT2D eigenvalue weighted by atomic mass is 16.5. The summed E-state index contributed by atoms with van der Waals surface area (Å²) in [5, 5.41) is 6.63. The molecule has 0 fully saturated rings. The van der Waals surface area contributed by atoms with Gasteiger partial charge in [-0.25, -0.2) is 0 Å². The predicted octanol–water partition coefficient (Wildman–Crippen LogP) is 2.79. The summed E-state index contributed by atoms with van der Waals surface area (Å²) in [7, 11) is 1.64. The average Bonchev–Trinajstić information content (AvgIpc) is 3.03. The van der Waals surface area contributed by atoms with Gasteiger partial charge >= 0.3 is 0 Å². The van der Waals surface area contributed by atoms with E-state index in [4.69, 9.17) is 14.0 Å². The van der Waals surface area contributed by atoms with E-state index in [0.717, 1.165) is 5.56 Å². The van der Waals surface area contributed by atoms with Crippen molar-refractivity contribution in [2.24, 2.45) is 5.41 Å². The Balaban J connectivity index is 1.78. The Bertz CT molecular complexity index is 637. The van der Waals surface area contributed by atoms with Crippen LogP contribution in [0.25, 0.3) is 0 Å². The van der Waals surface area contributed by atoms with Gasteiger partial charge in [-0.1, -0.05) is 49.3 Å². The molecule has 24 heavy (non-hydrogen) atoms. The molecule has 2 rings (SSSR count). The van der Waals surface area contributed by atoms with Gasteiger partial charge in [-0.3, -0.25) is 4.79 Å². The van der Waals surface area contributed by atoms with E-state index in [-0.39, 0.29) is 23.6 Å². The predicted molar refractivity (Wildman–Crippen MR) is 89.4 cm³/mol. The van der Waals surface area contributed by atoms with E-state index in [1.807, 2.05) is 44.2 Å². The van der Waals surface area contributed by atoms with Crippen molar-refractivity contribution in [1.82, 2.24) is 10.5 Å². The molecule has 0 aliphatic carbocycles. The Kier molecular flexibility index (Phi) is 6.52. The van der Waals surface area contributed by atoms with E-state index >= 15 is 0 Å². The Morgan fingerprint density at radius 3 is 2.71 bits per heavy atom. The molecule has 1 aromatic heterocycles. The zero-order chi connectivity index (χ0) is 17.4. The van der Waals surface area contributed by atoms with Crippen LogP contribution in [-0.2, 0) is 22.7 Å². The molecule has 1 amide bonds. The number of carbonyl (C=O) groups excluding carboxylic acids is 1. The molecule has 130 valence electrons. The zero-order valence-electron chi connectivity index (χ0n) is 14.4. The number of amides is 1. The molecule has 0 saturated heterocycles. The van der Waals surface area contributed by atoms with Crippen molar-refractivity contribution in [3.8, 4) is 0 Å². The molecule has 2 aromatic rings. The largest absolute Gasteiger partial charge is 0.384 e. The summed E-state index contributed by atoms with van der Waals surface area (Å²) in [5.41, 5.74) is 1.19. The Morgan fingerprint density at radius 2 is 2.00 bits per heavy atom. The van der Waals surface area contributed by atoms with Crippen LogP contribution in [0.1, 0.15) is 35.7 Å². The fraction of sp³-hybridized carbons (Fsp3) is 0.444. The molecular formula is C18H24N2O4. The number of aromatic nitrogens is 1. The van der Waals surface area contributed by atoms with Crippen LogP contribution in [0.2, 0.25) is 0 Å². The molecule has 1 aromatic carbocycles. The SMILES string of the molecule is COCC(C)(C)CNC(=O)c1cc(COCc2ccccc2)on1.